The average Bonchev–Trinajstić information content (AvgIpc) is 2.48. The van der Waals surface area contributed by atoms with Crippen LogP contribution in [0.25, 0.3) is 0 Å². The molecule has 0 amide bonds. The first kappa shape index (κ1) is 15.7. The molecule has 116 valence electrons. The molecule has 1 aliphatic heterocycles. The minimum Gasteiger partial charge on any atom is -0.462 e. The molecule has 0 saturated carbocycles. The van der Waals surface area contributed by atoms with Crippen molar-refractivity contribution in [1.82, 2.24) is 4.31 Å². The first-order valence-electron chi connectivity index (χ1n) is 6.61. The number of hydrogen-bond donors (Lipinski definition) is 1. The number of nitrogen functional groups attached to an aromatic ring is 1. The fourth-order valence-corrected chi connectivity index (χ4v) is 3.45. The van der Waals surface area contributed by atoms with E-state index in [9.17, 15) is 13.2 Å². The Kier molecular flexibility index (Phi) is 4.81. The van der Waals surface area contributed by atoms with Gasteiger partial charge in [0, 0.05) is 18.8 Å². The summed E-state index contributed by atoms with van der Waals surface area (Å²) in [7, 11) is -3.66. The Hall–Kier alpha value is -1.64. The molecule has 0 bridgehead atoms. The predicted octanol–water partition coefficient (Wildman–Crippen LogP) is 0.466. The summed E-state index contributed by atoms with van der Waals surface area (Å²) < 4.78 is 36.4. The molecule has 1 aromatic carbocycles. The van der Waals surface area contributed by atoms with E-state index in [2.05, 4.69) is 0 Å². The van der Waals surface area contributed by atoms with E-state index in [1.54, 1.807) is 6.92 Å². The summed E-state index contributed by atoms with van der Waals surface area (Å²) in [5.41, 5.74) is 5.96. The number of anilines is 1. The molecule has 1 saturated heterocycles. The highest BCUT2D eigenvalue weighted by Crippen LogP contribution is 2.22. The van der Waals surface area contributed by atoms with Gasteiger partial charge in [0.1, 0.15) is 0 Å². The van der Waals surface area contributed by atoms with Gasteiger partial charge in [0.2, 0.25) is 10.0 Å². The van der Waals surface area contributed by atoms with Crippen LogP contribution in [-0.2, 0) is 19.5 Å². The number of ether oxygens (including phenoxy) is 2. The third-order valence-electron chi connectivity index (χ3n) is 3.13. The minimum absolute atomic E-state index is 0.0293. The van der Waals surface area contributed by atoms with Crippen LogP contribution in [0.3, 0.4) is 0 Å². The highest BCUT2D eigenvalue weighted by Gasteiger charge is 2.27. The monoisotopic (exact) mass is 314 g/mol. The fourth-order valence-electron chi connectivity index (χ4n) is 2.02. The highest BCUT2D eigenvalue weighted by molar-refractivity contribution is 7.89. The van der Waals surface area contributed by atoms with Crippen molar-refractivity contribution in [2.75, 3.05) is 38.6 Å². The predicted molar refractivity (Wildman–Crippen MR) is 76.4 cm³/mol. The Balaban J connectivity index is 2.35. The summed E-state index contributed by atoms with van der Waals surface area (Å²) in [5.74, 6) is -0.631. The van der Waals surface area contributed by atoms with Gasteiger partial charge in [-0.15, -0.1) is 0 Å². The summed E-state index contributed by atoms with van der Waals surface area (Å²) in [6.45, 7) is 3.17. The average molecular weight is 314 g/mol. The van der Waals surface area contributed by atoms with Crippen molar-refractivity contribution in [3.63, 3.8) is 0 Å². The van der Waals surface area contributed by atoms with E-state index in [1.807, 2.05) is 0 Å². The molecule has 1 aromatic rings. The molecule has 8 heteroatoms. The summed E-state index contributed by atoms with van der Waals surface area (Å²) in [5, 5.41) is 0. The first-order valence-corrected chi connectivity index (χ1v) is 8.05. The van der Waals surface area contributed by atoms with Crippen LogP contribution in [0.1, 0.15) is 17.3 Å². The van der Waals surface area contributed by atoms with E-state index in [-0.39, 0.29) is 22.8 Å². The maximum absolute atomic E-state index is 12.5. The smallest absolute Gasteiger partial charge is 0.340 e. The second-order valence-electron chi connectivity index (χ2n) is 4.49. The summed E-state index contributed by atoms with van der Waals surface area (Å²) >= 11 is 0. The molecule has 2 rings (SSSR count). The Bertz CT molecular complexity index is 623. The number of morpholine rings is 1. The number of carbonyl (C=O) groups excluding carboxylic acids is 1. The molecule has 1 fully saturated rings. The van der Waals surface area contributed by atoms with Gasteiger partial charge in [-0.1, -0.05) is 0 Å². The number of benzene rings is 1. The zero-order valence-electron chi connectivity index (χ0n) is 11.7. The molecule has 2 N–H and O–H groups in total. The van der Waals surface area contributed by atoms with Gasteiger partial charge < -0.3 is 15.2 Å². The van der Waals surface area contributed by atoms with Crippen molar-refractivity contribution >= 4 is 21.7 Å². The molecule has 0 aromatic heterocycles. The van der Waals surface area contributed by atoms with Gasteiger partial charge in [0.25, 0.3) is 0 Å². The van der Waals surface area contributed by atoms with Crippen LogP contribution in [0.2, 0.25) is 0 Å². The topological polar surface area (TPSA) is 98.9 Å². The van der Waals surface area contributed by atoms with Gasteiger partial charge in [0.15, 0.2) is 0 Å². The molecular weight excluding hydrogens is 296 g/mol. The van der Waals surface area contributed by atoms with Crippen LogP contribution in [0.15, 0.2) is 23.1 Å². The molecule has 0 radical (unpaired) electrons. The Morgan fingerprint density at radius 1 is 1.38 bits per heavy atom. The van der Waals surface area contributed by atoms with Gasteiger partial charge in [-0.25, -0.2) is 13.2 Å². The largest absolute Gasteiger partial charge is 0.462 e. The van der Waals surface area contributed by atoms with E-state index in [4.69, 9.17) is 15.2 Å². The van der Waals surface area contributed by atoms with Crippen molar-refractivity contribution < 1.29 is 22.7 Å². The maximum Gasteiger partial charge on any atom is 0.340 e. The highest BCUT2D eigenvalue weighted by atomic mass is 32.2. The lowest BCUT2D eigenvalue weighted by molar-refractivity contribution is 0.0527. The first-order chi connectivity index (χ1) is 9.96. The number of nitrogens with two attached hydrogens (primary N) is 1. The summed E-state index contributed by atoms with van der Waals surface area (Å²) in [6, 6.07) is 4.06. The van der Waals surface area contributed by atoms with Crippen LogP contribution in [0.5, 0.6) is 0 Å². The molecule has 0 unspecified atom stereocenters. The van der Waals surface area contributed by atoms with Crippen LogP contribution in [0, 0.1) is 0 Å². The van der Waals surface area contributed by atoms with Crippen molar-refractivity contribution in [2.45, 2.75) is 11.8 Å². The zero-order chi connectivity index (χ0) is 15.5. The zero-order valence-corrected chi connectivity index (χ0v) is 12.6. The summed E-state index contributed by atoms with van der Waals surface area (Å²) in [6.07, 6.45) is 0. The second-order valence-corrected chi connectivity index (χ2v) is 6.42. The van der Waals surface area contributed by atoms with E-state index in [0.29, 0.717) is 26.3 Å². The number of carbonyl (C=O) groups is 1. The van der Waals surface area contributed by atoms with Crippen LogP contribution < -0.4 is 5.73 Å². The van der Waals surface area contributed by atoms with Crippen molar-refractivity contribution in [3.8, 4) is 0 Å². The molecule has 21 heavy (non-hydrogen) atoms. The number of nitrogens with zero attached hydrogens (tertiary/aromatic N) is 1. The van der Waals surface area contributed by atoms with E-state index in [1.165, 1.54) is 22.5 Å². The van der Waals surface area contributed by atoms with Gasteiger partial charge in [-0.3, -0.25) is 0 Å². The van der Waals surface area contributed by atoms with Gasteiger partial charge >= 0.3 is 5.97 Å². The van der Waals surface area contributed by atoms with Gasteiger partial charge in [-0.2, -0.15) is 4.31 Å². The second kappa shape index (κ2) is 6.42. The van der Waals surface area contributed by atoms with Crippen molar-refractivity contribution in [3.05, 3.63) is 23.8 Å². The molecule has 7 nitrogen and oxygen atoms in total. The summed E-state index contributed by atoms with van der Waals surface area (Å²) in [4.78, 5) is 11.8. The van der Waals surface area contributed by atoms with E-state index >= 15 is 0 Å². The van der Waals surface area contributed by atoms with Crippen molar-refractivity contribution in [2.24, 2.45) is 0 Å². The van der Waals surface area contributed by atoms with Crippen LogP contribution >= 0.6 is 0 Å². The molecule has 0 atom stereocenters. The molecular formula is C13H18N2O5S. The Morgan fingerprint density at radius 2 is 2.05 bits per heavy atom. The lowest BCUT2D eigenvalue weighted by atomic mass is 10.2. The molecule has 0 aliphatic carbocycles. The normalized spacial score (nSPS) is 16.6. The molecule has 0 spiro atoms. The number of esters is 1. The van der Waals surface area contributed by atoms with Crippen molar-refractivity contribution in [1.29, 1.82) is 0 Å². The van der Waals surface area contributed by atoms with Crippen LogP contribution in [-0.4, -0.2) is 51.6 Å². The van der Waals surface area contributed by atoms with E-state index < -0.39 is 16.0 Å². The minimum atomic E-state index is -3.66. The van der Waals surface area contributed by atoms with Crippen LogP contribution in [0.4, 0.5) is 5.69 Å². The Labute approximate surface area is 123 Å². The molecule has 1 heterocycles. The van der Waals surface area contributed by atoms with Gasteiger partial charge in [-0.05, 0) is 25.1 Å². The lowest BCUT2D eigenvalue weighted by Gasteiger charge is -2.26. The maximum atomic E-state index is 12.5. The van der Waals surface area contributed by atoms with E-state index in [0.717, 1.165) is 0 Å². The third-order valence-corrected chi connectivity index (χ3v) is 5.02. The number of rotatable bonds is 4. The standard InChI is InChI=1S/C13H18N2O5S/c1-2-20-13(16)11-9-10(3-4-12(11)14)21(17,18)15-5-7-19-8-6-15/h3-4,9H,2,5-8,14H2,1H3. The SMILES string of the molecule is CCOC(=O)c1cc(S(=O)(=O)N2CCOCC2)ccc1N. The number of hydrogen-bond acceptors (Lipinski definition) is 6. The third kappa shape index (κ3) is 3.34. The quantitative estimate of drug-likeness (QED) is 0.640. The fraction of sp³-hybridized carbons (Fsp3) is 0.462. The van der Waals surface area contributed by atoms with Gasteiger partial charge in [0.05, 0.1) is 30.3 Å². The Morgan fingerprint density at radius 3 is 2.67 bits per heavy atom. The number of sulfonamides is 1. The lowest BCUT2D eigenvalue weighted by Crippen LogP contribution is -2.40. The molecule has 1 aliphatic rings.